The van der Waals surface area contributed by atoms with Crippen LogP contribution in [0, 0.1) is 0 Å². The van der Waals surface area contributed by atoms with E-state index < -0.39 is 10.0 Å². The average molecular weight is 356 g/mol. The highest BCUT2D eigenvalue weighted by atomic mass is 32.2. The quantitative estimate of drug-likeness (QED) is 0.731. The van der Waals surface area contributed by atoms with Crippen molar-refractivity contribution in [3.05, 3.63) is 29.8 Å². The van der Waals surface area contributed by atoms with Crippen molar-refractivity contribution in [2.75, 3.05) is 46.2 Å². The van der Waals surface area contributed by atoms with Gasteiger partial charge in [0, 0.05) is 19.2 Å². The minimum atomic E-state index is -3.35. The number of methoxy groups -OCH3 is 2. The van der Waals surface area contributed by atoms with Gasteiger partial charge in [0.15, 0.2) is 0 Å². The number of nitrogens with one attached hydrogen (secondary N) is 1. The summed E-state index contributed by atoms with van der Waals surface area (Å²) in [5.41, 5.74) is 1.02. The number of piperidine rings is 1. The highest BCUT2D eigenvalue weighted by molar-refractivity contribution is 7.89. The van der Waals surface area contributed by atoms with Crippen molar-refractivity contribution in [2.24, 2.45) is 0 Å². The molecule has 1 aliphatic rings. The summed E-state index contributed by atoms with van der Waals surface area (Å²) in [7, 11) is -0.199. The molecular formula is C17H28N2O4S. The van der Waals surface area contributed by atoms with Crippen LogP contribution in [0.1, 0.15) is 30.9 Å². The summed E-state index contributed by atoms with van der Waals surface area (Å²) >= 11 is 0. The van der Waals surface area contributed by atoms with Gasteiger partial charge in [0.25, 0.3) is 0 Å². The Morgan fingerprint density at radius 3 is 2.54 bits per heavy atom. The van der Waals surface area contributed by atoms with Gasteiger partial charge in [-0.3, -0.25) is 4.90 Å². The molecule has 1 aromatic rings. The molecule has 0 aliphatic carbocycles. The van der Waals surface area contributed by atoms with Crippen molar-refractivity contribution in [3.8, 4) is 5.75 Å². The van der Waals surface area contributed by atoms with E-state index in [9.17, 15) is 8.42 Å². The molecule has 1 atom stereocenters. The SMILES string of the molecule is COCCS(=O)(=O)NCC(c1ccccc1OC)N1CCCCC1. The molecule has 0 bridgehead atoms. The third-order valence-corrected chi connectivity index (χ3v) is 5.69. The first kappa shape index (κ1) is 19.2. The van der Waals surface area contributed by atoms with E-state index in [1.165, 1.54) is 13.5 Å². The second kappa shape index (κ2) is 9.36. The summed E-state index contributed by atoms with van der Waals surface area (Å²) in [4.78, 5) is 2.35. The van der Waals surface area contributed by atoms with E-state index in [1.807, 2.05) is 24.3 Å². The van der Waals surface area contributed by atoms with Gasteiger partial charge in [-0.1, -0.05) is 24.6 Å². The number of sulfonamides is 1. The Morgan fingerprint density at radius 1 is 1.17 bits per heavy atom. The highest BCUT2D eigenvalue weighted by Crippen LogP contribution is 2.30. The molecule has 1 unspecified atom stereocenters. The third-order valence-electron chi connectivity index (χ3n) is 4.38. The Labute approximate surface area is 145 Å². The van der Waals surface area contributed by atoms with Gasteiger partial charge < -0.3 is 9.47 Å². The number of likely N-dealkylation sites (tertiary alicyclic amines) is 1. The molecule has 0 amide bonds. The van der Waals surface area contributed by atoms with Crippen molar-refractivity contribution in [2.45, 2.75) is 25.3 Å². The van der Waals surface area contributed by atoms with Gasteiger partial charge in [0.2, 0.25) is 10.0 Å². The van der Waals surface area contributed by atoms with Crippen LogP contribution in [0.3, 0.4) is 0 Å². The van der Waals surface area contributed by atoms with Crippen LogP contribution in [0.15, 0.2) is 24.3 Å². The van der Waals surface area contributed by atoms with Crippen LogP contribution in [0.5, 0.6) is 5.75 Å². The molecule has 2 rings (SSSR count). The Hall–Kier alpha value is -1.15. The molecule has 0 saturated carbocycles. The summed E-state index contributed by atoms with van der Waals surface area (Å²) in [5, 5.41) is 0. The first-order valence-electron chi connectivity index (χ1n) is 8.40. The first-order chi connectivity index (χ1) is 11.6. The molecule has 1 N–H and O–H groups in total. The van der Waals surface area contributed by atoms with E-state index in [1.54, 1.807) is 7.11 Å². The number of para-hydroxylation sites is 1. The molecule has 0 radical (unpaired) electrons. The molecule has 0 spiro atoms. The molecule has 1 aliphatic heterocycles. The summed E-state index contributed by atoms with van der Waals surface area (Å²) < 4.78 is 37.3. The summed E-state index contributed by atoms with van der Waals surface area (Å²) in [6.07, 6.45) is 3.51. The third kappa shape index (κ3) is 5.44. The number of hydrogen-bond acceptors (Lipinski definition) is 5. The van der Waals surface area contributed by atoms with Gasteiger partial charge in [-0.25, -0.2) is 13.1 Å². The number of rotatable bonds is 9. The van der Waals surface area contributed by atoms with E-state index in [0.29, 0.717) is 6.54 Å². The molecule has 7 heteroatoms. The molecule has 1 saturated heterocycles. The van der Waals surface area contributed by atoms with Crippen molar-refractivity contribution in [3.63, 3.8) is 0 Å². The lowest BCUT2D eigenvalue weighted by Gasteiger charge is -2.35. The number of ether oxygens (including phenoxy) is 2. The van der Waals surface area contributed by atoms with Gasteiger partial charge in [-0.05, 0) is 32.0 Å². The fourth-order valence-electron chi connectivity index (χ4n) is 3.08. The Kier molecular flexibility index (Phi) is 7.48. The first-order valence-corrected chi connectivity index (χ1v) is 10.1. The standard InChI is InChI=1S/C17H28N2O4S/c1-22-12-13-24(20,21)18-14-16(19-10-6-3-7-11-19)15-8-4-5-9-17(15)23-2/h4-5,8-9,16,18H,3,6-7,10-14H2,1-2H3. The topological polar surface area (TPSA) is 67.9 Å². The van der Waals surface area contributed by atoms with Crippen molar-refractivity contribution < 1.29 is 17.9 Å². The maximum absolute atomic E-state index is 12.1. The van der Waals surface area contributed by atoms with Crippen LogP contribution in [0.25, 0.3) is 0 Å². The molecule has 1 fully saturated rings. The van der Waals surface area contributed by atoms with Crippen LogP contribution in [0.4, 0.5) is 0 Å². The fourth-order valence-corrected chi connectivity index (χ4v) is 4.02. The molecule has 6 nitrogen and oxygen atoms in total. The van der Waals surface area contributed by atoms with E-state index in [-0.39, 0.29) is 18.4 Å². The summed E-state index contributed by atoms with van der Waals surface area (Å²) in [6, 6.07) is 7.80. The summed E-state index contributed by atoms with van der Waals surface area (Å²) in [6.45, 7) is 2.48. The highest BCUT2D eigenvalue weighted by Gasteiger charge is 2.26. The van der Waals surface area contributed by atoms with Crippen molar-refractivity contribution in [1.29, 1.82) is 0 Å². The molecule has 1 heterocycles. The molecule has 1 aromatic carbocycles. The van der Waals surface area contributed by atoms with E-state index in [4.69, 9.17) is 9.47 Å². The minimum Gasteiger partial charge on any atom is -0.496 e. The predicted molar refractivity (Wildman–Crippen MR) is 94.8 cm³/mol. The molecule has 24 heavy (non-hydrogen) atoms. The maximum atomic E-state index is 12.1. The van der Waals surface area contributed by atoms with Crippen molar-refractivity contribution >= 4 is 10.0 Å². The zero-order chi connectivity index (χ0) is 17.4. The lowest BCUT2D eigenvalue weighted by molar-refractivity contribution is 0.162. The van der Waals surface area contributed by atoms with Gasteiger partial charge in [-0.15, -0.1) is 0 Å². The molecular weight excluding hydrogens is 328 g/mol. The maximum Gasteiger partial charge on any atom is 0.213 e. The number of hydrogen-bond donors (Lipinski definition) is 1. The van der Waals surface area contributed by atoms with Crippen LogP contribution in [-0.4, -0.2) is 59.5 Å². The van der Waals surface area contributed by atoms with E-state index in [2.05, 4.69) is 9.62 Å². The smallest absolute Gasteiger partial charge is 0.213 e. The Balaban J connectivity index is 2.17. The second-order valence-corrected chi connectivity index (χ2v) is 7.94. The van der Waals surface area contributed by atoms with Gasteiger partial charge in [0.05, 0.1) is 25.5 Å². The van der Waals surface area contributed by atoms with Crippen LogP contribution in [0.2, 0.25) is 0 Å². The summed E-state index contributed by atoms with van der Waals surface area (Å²) in [5.74, 6) is 0.770. The van der Waals surface area contributed by atoms with Crippen LogP contribution >= 0.6 is 0 Å². The Morgan fingerprint density at radius 2 is 1.88 bits per heavy atom. The monoisotopic (exact) mass is 356 g/mol. The largest absolute Gasteiger partial charge is 0.496 e. The van der Waals surface area contributed by atoms with Crippen LogP contribution in [-0.2, 0) is 14.8 Å². The fraction of sp³-hybridized carbons (Fsp3) is 0.647. The van der Waals surface area contributed by atoms with Gasteiger partial charge in [0.1, 0.15) is 5.75 Å². The predicted octanol–water partition coefficient (Wildman–Crippen LogP) is 1.79. The van der Waals surface area contributed by atoms with E-state index in [0.717, 1.165) is 37.2 Å². The number of nitrogens with zero attached hydrogens (tertiary/aromatic N) is 1. The van der Waals surface area contributed by atoms with Crippen LogP contribution < -0.4 is 9.46 Å². The average Bonchev–Trinajstić information content (AvgIpc) is 2.61. The van der Waals surface area contributed by atoms with Crippen molar-refractivity contribution in [1.82, 2.24) is 9.62 Å². The Bertz CT molecular complexity index is 600. The minimum absolute atomic E-state index is 0.0257. The zero-order valence-corrected chi connectivity index (χ0v) is 15.3. The van der Waals surface area contributed by atoms with Gasteiger partial charge in [-0.2, -0.15) is 0 Å². The molecule has 136 valence electrons. The second-order valence-electron chi connectivity index (χ2n) is 6.01. The molecule has 0 aromatic heterocycles. The zero-order valence-electron chi connectivity index (χ0n) is 14.5. The lowest BCUT2D eigenvalue weighted by atomic mass is 10.0. The van der Waals surface area contributed by atoms with Gasteiger partial charge >= 0.3 is 0 Å². The normalized spacial score (nSPS) is 17.6. The number of benzene rings is 1. The van der Waals surface area contributed by atoms with E-state index >= 15 is 0 Å². The lowest BCUT2D eigenvalue weighted by Crippen LogP contribution is -2.41.